The molecule has 1 aromatic carbocycles. The summed E-state index contributed by atoms with van der Waals surface area (Å²) >= 11 is 0. The third-order valence-electron chi connectivity index (χ3n) is 9.79. The number of fused-ring (bicyclic) bond motifs is 2. The van der Waals surface area contributed by atoms with Gasteiger partial charge in [-0.1, -0.05) is 36.4 Å². The van der Waals surface area contributed by atoms with Gasteiger partial charge in [0.2, 0.25) is 15.9 Å². The van der Waals surface area contributed by atoms with Gasteiger partial charge < -0.3 is 14.4 Å². The van der Waals surface area contributed by atoms with Crippen molar-refractivity contribution in [3.8, 4) is 0 Å². The molecule has 2 saturated heterocycles. The molecule has 0 radical (unpaired) electrons. The topological polar surface area (TPSA) is 89.0 Å². The van der Waals surface area contributed by atoms with Gasteiger partial charge in [-0.2, -0.15) is 0 Å². The summed E-state index contributed by atoms with van der Waals surface area (Å²) < 4.78 is 40.3. The van der Waals surface area contributed by atoms with Gasteiger partial charge in [0.15, 0.2) is 0 Å². The molecule has 1 amide bonds. The number of pyridine rings is 1. The molecule has 4 heterocycles. The zero-order valence-electron chi connectivity index (χ0n) is 23.6. The van der Waals surface area contributed by atoms with Crippen LogP contribution in [0.4, 0.5) is 0 Å². The van der Waals surface area contributed by atoms with E-state index in [1.165, 1.54) is 0 Å². The summed E-state index contributed by atoms with van der Waals surface area (Å²) in [6.45, 7) is 5.27. The number of ether oxygens (including phenoxy) is 2. The van der Waals surface area contributed by atoms with Gasteiger partial charge in [0.05, 0.1) is 23.9 Å². The molecule has 0 bridgehead atoms. The smallest absolute Gasteiger partial charge is 0.230 e. The number of hydrogen-bond acceptors (Lipinski definition) is 6. The lowest BCUT2D eigenvalue weighted by Gasteiger charge is -2.37. The fourth-order valence-electron chi connectivity index (χ4n) is 7.81. The van der Waals surface area contributed by atoms with E-state index in [-0.39, 0.29) is 30.2 Å². The first-order chi connectivity index (χ1) is 19.3. The van der Waals surface area contributed by atoms with E-state index < -0.39 is 15.4 Å². The lowest BCUT2D eigenvalue weighted by Crippen LogP contribution is -2.49. The average Bonchev–Trinajstić information content (AvgIpc) is 3.48. The average molecular weight is 568 g/mol. The van der Waals surface area contributed by atoms with Crippen LogP contribution in [0.2, 0.25) is 0 Å². The molecule has 1 aromatic heterocycles. The number of nitrogens with zero attached hydrogens (tertiary/aromatic N) is 3. The molecule has 0 spiro atoms. The molecule has 6 rings (SSSR count). The Bertz CT molecular complexity index is 1340. The molecule has 216 valence electrons. The number of aromatic nitrogens is 1. The SMILES string of the molecule is COC1COCCC1C[C@@H]1C[C@H]2CN(S(=O)(=O)Cc3ccccc3)C[C@@]2(C(=O)N2CCc3ncc(C)cc3C2)C1. The van der Waals surface area contributed by atoms with Crippen LogP contribution in [-0.4, -0.2) is 74.6 Å². The number of carbonyl (C=O) groups excluding carboxylic acids is 1. The third-order valence-corrected chi connectivity index (χ3v) is 11.6. The van der Waals surface area contributed by atoms with Crippen molar-refractivity contribution >= 4 is 15.9 Å². The number of methoxy groups -OCH3 is 1. The Balaban J connectivity index is 1.25. The predicted molar refractivity (Wildman–Crippen MR) is 152 cm³/mol. The van der Waals surface area contributed by atoms with Gasteiger partial charge in [0.25, 0.3) is 0 Å². The Kier molecular flexibility index (Phi) is 7.76. The highest BCUT2D eigenvalue weighted by atomic mass is 32.2. The van der Waals surface area contributed by atoms with Crippen molar-refractivity contribution in [3.63, 3.8) is 0 Å². The summed E-state index contributed by atoms with van der Waals surface area (Å²) in [7, 11) is -1.80. The van der Waals surface area contributed by atoms with Crippen LogP contribution in [0.15, 0.2) is 42.6 Å². The summed E-state index contributed by atoms with van der Waals surface area (Å²) in [5.41, 5.74) is 3.36. The van der Waals surface area contributed by atoms with Crippen LogP contribution < -0.4 is 0 Å². The predicted octanol–water partition coefficient (Wildman–Crippen LogP) is 3.57. The molecule has 2 unspecified atom stereocenters. The van der Waals surface area contributed by atoms with Crippen LogP contribution in [0.25, 0.3) is 0 Å². The van der Waals surface area contributed by atoms with Gasteiger partial charge in [-0.05, 0) is 67.1 Å². The van der Waals surface area contributed by atoms with Crippen molar-refractivity contribution in [1.82, 2.24) is 14.2 Å². The fourth-order valence-corrected chi connectivity index (χ4v) is 9.44. The van der Waals surface area contributed by atoms with Crippen LogP contribution in [0.3, 0.4) is 0 Å². The lowest BCUT2D eigenvalue weighted by molar-refractivity contribution is -0.144. The lowest BCUT2D eigenvalue weighted by atomic mass is 9.78. The van der Waals surface area contributed by atoms with E-state index in [2.05, 4.69) is 11.1 Å². The van der Waals surface area contributed by atoms with Crippen LogP contribution >= 0.6 is 0 Å². The van der Waals surface area contributed by atoms with Gasteiger partial charge in [0, 0.05) is 58.2 Å². The number of sulfonamides is 1. The van der Waals surface area contributed by atoms with Gasteiger partial charge in [-0.25, -0.2) is 12.7 Å². The Morgan fingerprint density at radius 3 is 2.88 bits per heavy atom. The first kappa shape index (κ1) is 27.8. The van der Waals surface area contributed by atoms with Crippen molar-refractivity contribution in [2.75, 3.05) is 40.0 Å². The van der Waals surface area contributed by atoms with Gasteiger partial charge in [-0.15, -0.1) is 0 Å². The number of rotatable bonds is 7. The summed E-state index contributed by atoms with van der Waals surface area (Å²) in [4.78, 5) is 21.1. The standard InChI is InChI=1S/C31H41N3O5S/c1-22-12-26-17-33(10-8-28(26)32-16-22)30(35)31-15-24(13-25-9-11-39-19-29(25)38-2)14-27(31)18-34(21-31)40(36,37)20-23-6-4-3-5-7-23/h3-7,12,16,24-25,27,29H,8-11,13-15,17-21H2,1-2H3/t24-,25?,27+,29?,31+/m1/s1. The van der Waals surface area contributed by atoms with Gasteiger partial charge >= 0.3 is 0 Å². The van der Waals surface area contributed by atoms with Crippen molar-refractivity contribution in [3.05, 3.63) is 65.0 Å². The first-order valence-electron chi connectivity index (χ1n) is 14.6. The molecule has 40 heavy (non-hydrogen) atoms. The van der Waals surface area contributed by atoms with E-state index >= 15 is 0 Å². The van der Waals surface area contributed by atoms with Crippen molar-refractivity contribution in [2.24, 2.45) is 23.2 Å². The molecule has 2 aromatic rings. The summed E-state index contributed by atoms with van der Waals surface area (Å²) in [5.74, 6) is 0.889. The van der Waals surface area contributed by atoms with E-state index in [4.69, 9.17) is 9.47 Å². The maximum absolute atomic E-state index is 14.5. The molecule has 8 nitrogen and oxygen atoms in total. The number of hydrogen-bond donors (Lipinski definition) is 0. The number of carbonyl (C=O) groups is 1. The van der Waals surface area contributed by atoms with E-state index in [0.29, 0.717) is 38.1 Å². The summed E-state index contributed by atoms with van der Waals surface area (Å²) in [6, 6.07) is 11.5. The number of benzene rings is 1. The van der Waals surface area contributed by atoms with Crippen LogP contribution in [0, 0.1) is 30.1 Å². The summed E-state index contributed by atoms with van der Waals surface area (Å²) in [6.07, 6.45) is 6.28. The minimum Gasteiger partial charge on any atom is -0.379 e. The second-order valence-corrected chi connectivity index (χ2v) is 14.4. The maximum atomic E-state index is 14.5. The van der Waals surface area contributed by atoms with Crippen molar-refractivity contribution in [2.45, 2.75) is 57.4 Å². The van der Waals surface area contributed by atoms with E-state index in [1.54, 1.807) is 11.4 Å². The minimum atomic E-state index is -3.55. The molecule has 1 saturated carbocycles. The highest BCUT2D eigenvalue weighted by molar-refractivity contribution is 7.88. The Labute approximate surface area is 238 Å². The minimum absolute atomic E-state index is 0.0217. The molecule has 3 aliphatic heterocycles. The molecule has 9 heteroatoms. The quantitative estimate of drug-likeness (QED) is 0.508. The highest BCUT2D eigenvalue weighted by Gasteiger charge is 2.60. The molecular formula is C31H41N3O5S. The van der Waals surface area contributed by atoms with E-state index in [0.717, 1.165) is 61.1 Å². The Morgan fingerprint density at radius 1 is 1.25 bits per heavy atom. The molecule has 4 aliphatic rings. The number of amides is 1. The van der Waals surface area contributed by atoms with Gasteiger partial charge in [0.1, 0.15) is 0 Å². The molecule has 0 N–H and O–H groups in total. The molecule has 3 fully saturated rings. The monoisotopic (exact) mass is 567 g/mol. The first-order valence-corrected chi connectivity index (χ1v) is 16.2. The van der Waals surface area contributed by atoms with Crippen molar-refractivity contribution in [1.29, 1.82) is 0 Å². The Hall–Kier alpha value is -2.33. The fraction of sp³-hybridized carbons (Fsp3) is 0.613. The normalized spacial score (nSPS) is 30.7. The maximum Gasteiger partial charge on any atom is 0.230 e. The van der Waals surface area contributed by atoms with E-state index in [9.17, 15) is 13.2 Å². The molecule has 1 aliphatic carbocycles. The zero-order chi connectivity index (χ0) is 27.9. The Morgan fingerprint density at radius 2 is 2.08 bits per heavy atom. The van der Waals surface area contributed by atoms with Crippen molar-refractivity contribution < 1.29 is 22.7 Å². The zero-order valence-corrected chi connectivity index (χ0v) is 24.4. The largest absolute Gasteiger partial charge is 0.379 e. The highest BCUT2D eigenvalue weighted by Crippen LogP contribution is 2.55. The van der Waals surface area contributed by atoms with E-state index in [1.807, 2.05) is 48.4 Å². The van der Waals surface area contributed by atoms with Crippen LogP contribution in [0.1, 0.15) is 48.1 Å². The number of aryl methyl sites for hydroxylation is 1. The molecular weight excluding hydrogens is 526 g/mol. The summed E-state index contributed by atoms with van der Waals surface area (Å²) in [5, 5.41) is 0. The third kappa shape index (κ3) is 5.33. The van der Waals surface area contributed by atoms with Crippen LogP contribution in [-0.2, 0) is 43.0 Å². The van der Waals surface area contributed by atoms with Crippen LogP contribution in [0.5, 0.6) is 0 Å². The van der Waals surface area contributed by atoms with Gasteiger partial charge in [-0.3, -0.25) is 9.78 Å². The second-order valence-electron chi connectivity index (χ2n) is 12.4. The molecule has 5 atom stereocenters. The second kappa shape index (κ2) is 11.2.